The number of nitrogens with one attached hydrogen (secondary N) is 1. The van der Waals surface area contributed by atoms with E-state index in [0.29, 0.717) is 44.0 Å². The second kappa shape index (κ2) is 9.25. The van der Waals surface area contributed by atoms with Crippen LogP contribution in [0.25, 0.3) is 0 Å². The molecule has 2 aromatic carbocycles. The molecule has 2 aromatic rings. The van der Waals surface area contributed by atoms with Crippen LogP contribution in [0, 0.1) is 0 Å². The first-order chi connectivity index (χ1) is 15.0. The van der Waals surface area contributed by atoms with Crippen LogP contribution in [0.1, 0.15) is 12.8 Å². The Labute approximate surface area is 182 Å². The fourth-order valence-corrected chi connectivity index (χ4v) is 5.63. The molecule has 0 aromatic heterocycles. The maximum absolute atomic E-state index is 13.1. The van der Waals surface area contributed by atoms with Crippen molar-refractivity contribution in [1.82, 2.24) is 4.31 Å². The average molecular weight is 446 g/mol. The number of carbonyl (C=O) groups excluding carboxylic acids is 1. The molecule has 2 aliphatic rings. The van der Waals surface area contributed by atoms with Crippen LogP contribution in [0.5, 0.6) is 5.75 Å². The van der Waals surface area contributed by atoms with Crippen molar-refractivity contribution in [3.8, 4) is 5.75 Å². The van der Waals surface area contributed by atoms with E-state index in [1.807, 2.05) is 24.3 Å². The van der Waals surface area contributed by atoms with Crippen LogP contribution >= 0.6 is 0 Å². The summed E-state index contributed by atoms with van der Waals surface area (Å²) in [6.07, 6.45) is 1.14. The van der Waals surface area contributed by atoms with Gasteiger partial charge in [0.1, 0.15) is 11.8 Å². The molecule has 0 bridgehead atoms. The highest BCUT2D eigenvalue weighted by Crippen LogP contribution is 2.28. The highest BCUT2D eigenvalue weighted by molar-refractivity contribution is 7.89. The minimum atomic E-state index is -3.77. The van der Waals surface area contributed by atoms with Gasteiger partial charge >= 0.3 is 0 Å². The van der Waals surface area contributed by atoms with E-state index in [4.69, 9.17) is 9.47 Å². The molecule has 2 aliphatic heterocycles. The van der Waals surface area contributed by atoms with Crippen molar-refractivity contribution in [2.45, 2.75) is 23.8 Å². The first-order valence-electron chi connectivity index (χ1n) is 10.4. The standard InChI is InChI=1S/C22H27N3O5S/c1-29-19-8-10-20(11-9-19)31(27,28)25-12-2-3-21(25)22(26)23-17-4-6-18(7-5-17)24-13-15-30-16-14-24/h4-11,21H,2-3,12-16H2,1H3,(H,23,26)/t21-/m0/s1. The fraction of sp³-hybridized carbons (Fsp3) is 0.409. The highest BCUT2D eigenvalue weighted by atomic mass is 32.2. The Kier molecular flexibility index (Phi) is 6.45. The lowest BCUT2D eigenvalue weighted by molar-refractivity contribution is -0.119. The minimum Gasteiger partial charge on any atom is -0.497 e. The summed E-state index contributed by atoms with van der Waals surface area (Å²) in [6.45, 7) is 3.41. The van der Waals surface area contributed by atoms with Gasteiger partial charge in [0, 0.05) is 31.0 Å². The van der Waals surface area contributed by atoms with Gasteiger partial charge in [0.15, 0.2) is 0 Å². The summed E-state index contributed by atoms with van der Waals surface area (Å²) in [5.74, 6) is 0.268. The predicted molar refractivity (Wildman–Crippen MR) is 118 cm³/mol. The molecule has 9 heteroatoms. The third-order valence-electron chi connectivity index (χ3n) is 5.68. The molecule has 4 rings (SSSR count). The number of ether oxygens (including phenoxy) is 2. The Hall–Kier alpha value is -2.62. The summed E-state index contributed by atoms with van der Waals surface area (Å²) >= 11 is 0. The smallest absolute Gasteiger partial charge is 0.243 e. The molecule has 8 nitrogen and oxygen atoms in total. The summed E-state index contributed by atoms with van der Waals surface area (Å²) in [6, 6.07) is 13.1. The van der Waals surface area contributed by atoms with E-state index in [2.05, 4.69) is 10.2 Å². The van der Waals surface area contributed by atoms with E-state index < -0.39 is 16.1 Å². The van der Waals surface area contributed by atoms with E-state index in [9.17, 15) is 13.2 Å². The monoisotopic (exact) mass is 445 g/mol. The molecule has 2 fully saturated rings. The molecule has 1 N–H and O–H groups in total. The predicted octanol–water partition coefficient (Wildman–Crippen LogP) is 2.32. The fourth-order valence-electron chi connectivity index (χ4n) is 3.98. The van der Waals surface area contributed by atoms with E-state index in [0.717, 1.165) is 18.8 Å². The number of hydrogen-bond acceptors (Lipinski definition) is 6. The SMILES string of the molecule is COc1ccc(S(=O)(=O)N2CCC[C@H]2C(=O)Nc2ccc(N3CCOCC3)cc2)cc1. The van der Waals surface area contributed by atoms with Gasteiger partial charge in [-0.15, -0.1) is 0 Å². The zero-order valence-electron chi connectivity index (χ0n) is 17.5. The molecule has 0 aliphatic carbocycles. The maximum atomic E-state index is 13.1. The number of rotatable bonds is 6. The van der Waals surface area contributed by atoms with E-state index in [-0.39, 0.29) is 10.8 Å². The second-order valence-electron chi connectivity index (χ2n) is 7.58. The van der Waals surface area contributed by atoms with Crippen LogP contribution in [0.2, 0.25) is 0 Å². The number of anilines is 2. The van der Waals surface area contributed by atoms with Crippen LogP contribution < -0.4 is 15.0 Å². The normalized spacial score (nSPS) is 19.9. The molecule has 0 spiro atoms. The van der Waals surface area contributed by atoms with Gasteiger partial charge < -0.3 is 19.7 Å². The van der Waals surface area contributed by atoms with Crippen LogP contribution in [0.3, 0.4) is 0 Å². The third-order valence-corrected chi connectivity index (χ3v) is 7.61. The van der Waals surface area contributed by atoms with Crippen LogP contribution in [0.4, 0.5) is 11.4 Å². The van der Waals surface area contributed by atoms with Gasteiger partial charge in [0.25, 0.3) is 0 Å². The largest absolute Gasteiger partial charge is 0.497 e. The van der Waals surface area contributed by atoms with Crippen molar-refractivity contribution in [3.05, 3.63) is 48.5 Å². The van der Waals surface area contributed by atoms with Crippen molar-refractivity contribution in [3.63, 3.8) is 0 Å². The van der Waals surface area contributed by atoms with Gasteiger partial charge in [0.2, 0.25) is 15.9 Å². The molecule has 1 amide bonds. The molecule has 166 valence electrons. The number of nitrogens with zero attached hydrogens (tertiary/aromatic N) is 2. The summed E-state index contributed by atoms with van der Waals surface area (Å²) in [7, 11) is -2.25. The van der Waals surface area contributed by atoms with Gasteiger partial charge in [-0.05, 0) is 61.4 Å². The van der Waals surface area contributed by atoms with Gasteiger partial charge in [-0.25, -0.2) is 8.42 Å². The molecule has 0 saturated carbocycles. The van der Waals surface area contributed by atoms with Crippen molar-refractivity contribution >= 4 is 27.3 Å². The first-order valence-corrected chi connectivity index (χ1v) is 11.8. The minimum absolute atomic E-state index is 0.155. The number of methoxy groups -OCH3 is 1. The third kappa shape index (κ3) is 4.68. The quantitative estimate of drug-likeness (QED) is 0.734. The van der Waals surface area contributed by atoms with E-state index in [1.165, 1.54) is 23.5 Å². The van der Waals surface area contributed by atoms with Crippen molar-refractivity contribution < 1.29 is 22.7 Å². The number of benzene rings is 2. The van der Waals surface area contributed by atoms with Crippen LogP contribution in [-0.4, -0.2) is 64.6 Å². The van der Waals surface area contributed by atoms with Crippen LogP contribution in [0.15, 0.2) is 53.4 Å². The van der Waals surface area contributed by atoms with Crippen molar-refractivity contribution in [1.29, 1.82) is 0 Å². The van der Waals surface area contributed by atoms with Gasteiger partial charge in [-0.1, -0.05) is 0 Å². The van der Waals surface area contributed by atoms with Crippen molar-refractivity contribution in [2.24, 2.45) is 0 Å². The number of sulfonamides is 1. The summed E-state index contributed by atoms with van der Waals surface area (Å²) in [4.78, 5) is 15.3. The first kappa shape index (κ1) is 21.6. The molecule has 1 atom stereocenters. The topological polar surface area (TPSA) is 88.2 Å². The number of morpholine rings is 1. The Bertz CT molecular complexity index is 1000. The molecule has 2 saturated heterocycles. The molecule has 2 heterocycles. The second-order valence-corrected chi connectivity index (χ2v) is 9.48. The Morgan fingerprint density at radius 3 is 2.35 bits per heavy atom. The lowest BCUT2D eigenvalue weighted by atomic mass is 10.2. The zero-order valence-corrected chi connectivity index (χ0v) is 18.3. The van der Waals surface area contributed by atoms with Gasteiger partial charge in [-0.2, -0.15) is 4.31 Å². The van der Waals surface area contributed by atoms with E-state index in [1.54, 1.807) is 12.1 Å². The summed E-state index contributed by atoms with van der Waals surface area (Å²) in [5, 5.41) is 2.88. The molecular formula is C22H27N3O5S. The summed E-state index contributed by atoms with van der Waals surface area (Å²) < 4.78 is 38.0. The lowest BCUT2D eigenvalue weighted by Crippen LogP contribution is -2.43. The Balaban J connectivity index is 1.44. The Morgan fingerprint density at radius 1 is 1.03 bits per heavy atom. The maximum Gasteiger partial charge on any atom is 0.243 e. The summed E-state index contributed by atoms with van der Waals surface area (Å²) in [5.41, 5.74) is 1.72. The van der Waals surface area contributed by atoms with Gasteiger partial charge in [-0.3, -0.25) is 4.79 Å². The van der Waals surface area contributed by atoms with Gasteiger partial charge in [0.05, 0.1) is 25.2 Å². The van der Waals surface area contributed by atoms with E-state index >= 15 is 0 Å². The van der Waals surface area contributed by atoms with Crippen LogP contribution in [-0.2, 0) is 19.6 Å². The zero-order chi connectivity index (χ0) is 21.8. The Morgan fingerprint density at radius 2 is 1.71 bits per heavy atom. The molecule has 31 heavy (non-hydrogen) atoms. The number of amides is 1. The highest BCUT2D eigenvalue weighted by Gasteiger charge is 2.39. The molecular weight excluding hydrogens is 418 g/mol. The lowest BCUT2D eigenvalue weighted by Gasteiger charge is -2.29. The number of carbonyl (C=O) groups is 1. The molecule has 0 radical (unpaired) electrons. The molecule has 0 unspecified atom stereocenters. The van der Waals surface area contributed by atoms with Crippen molar-refractivity contribution in [2.75, 3.05) is 50.2 Å². The average Bonchev–Trinajstić information content (AvgIpc) is 3.31. The number of hydrogen-bond donors (Lipinski definition) is 1.